The Morgan fingerprint density at radius 2 is 1.37 bits per heavy atom. The minimum Gasteiger partial charge on any atom is -0.478 e. The van der Waals surface area contributed by atoms with Gasteiger partial charge in [0.05, 0.1) is 5.56 Å². The zero-order chi connectivity index (χ0) is 21.9. The molecule has 0 atom stereocenters. The van der Waals surface area contributed by atoms with E-state index in [1.807, 2.05) is 50.2 Å². The summed E-state index contributed by atoms with van der Waals surface area (Å²) in [6.07, 6.45) is -0.494. The summed E-state index contributed by atoms with van der Waals surface area (Å²) in [5.41, 5.74) is 4.34. The summed E-state index contributed by atoms with van der Waals surface area (Å²) in [6, 6.07) is 16.4. The second kappa shape index (κ2) is 8.45. The molecular weight excluding hydrogens is 391 g/mol. The van der Waals surface area contributed by atoms with E-state index in [9.17, 15) is 18.0 Å². The van der Waals surface area contributed by atoms with Crippen LogP contribution in [-0.2, 0) is 11.0 Å². The molecule has 0 fully saturated rings. The van der Waals surface area contributed by atoms with E-state index in [0.29, 0.717) is 11.1 Å². The first kappa shape index (κ1) is 21.2. The van der Waals surface area contributed by atoms with Crippen molar-refractivity contribution in [2.45, 2.75) is 20.0 Å². The number of aryl methyl sites for hydroxylation is 2. The molecule has 0 spiro atoms. The third-order valence-corrected chi connectivity index (χ3v) is 4.73. The van der Waals surface area contributed by atoms with Crippen molar-refractivity contribution in [2.24, 2.45) is 0 Å². The number of alkyl halides is 3. The number of allylic oxidation sites excluding steroid dienone is 2. The molecule has 0 aliphatic heterocycles. The SMILES string of the molecule is Cc1ccc(C)n1-c1ccc(/C(=C\C=C\C(=O)O)c2ccc(C(F)(F)F)cc2)cc1. The second-order valence-electron chi connectivity index (χ2n) is 6.85. The van der Waals surface area contributed by atoms with Crippen LogP contribution in [0, 0.1) is 13.8 Å². The van der Waals surface area contributed by atoms with Crippen LogP contribution in [0.2, 0.25) is 0 Å². The average Bonchev–Trinajstić information content (AvgIpc) is 3.03. The van der Waals surface area contributed by atoms with Gasteiger partial charge in [-0.25, -0.2) is 4.79 Å². The lowest BCUT2D eigenvalue weighted by Gasteiger charge is -2.13. The Balaban J connectivity index is 2.02. The molecule has 0 saturated carbocycles. The highest BCUT2D eigenvalue weighted by Crippen LogP contribution is 2.32. The molecular formula is C24H20F3NO2. The van der Waals surface area contributed by atoms with Gasteiger partial charge in [-0.1, -0.05) is 36.4 Å². The van der Waals surface area contributed by atoms with Gasteiger partial charge in [-0.15, -0.1) is 0 Å². The number of benzene rings is 2. The quantitative estimate of drug-likeness (QED) is 0.402. The van der Waals surface area contributed by atoms with E-state index in [2.05, 4.69) is 4.57 Å². The highest BCUT2D eigenvalue weighted by molar-refractivity contribution is 5.84. The Morgan fingerprint density at radius 3 is 1.83 bits per heavy atom. The molecule has 154 valence electrons. The fourth-order valence-electron chi connectivity index (χ4n) is 3.29. The molecule has 30 heavy (non-hydrogen) atoms. The molecule has 3 rings (SSSR count). The Bertz CT molecular complexity index is 1080. The monoisotopic (exact) mass is 411 g/mol. The number of hydrogen-bond donors (Lipinski definition) is 1. The number of halogens is 3. The molecule has 0 unspecified atom stereocenters. The lowest BCUT2D eigenvalue weighted by atomic mass is 9.96. The molecule has 1 N–H and O–H groups in total. The molecule has 0 bridgehead atoms. The molecule has 0 aliphatic carbocycles. The molecule has 1 heterocycles. The van der Waals surface area contributed by atoms with E-state index < -0.39 is 17.7 Å². The van der Waals surface area contributed by atoms with Gasteiger partial charge in [0, 0.05) is 23.2 Å². The van der Waals surface area contributed by atoms with Crippen molar-refractivity contribution in [3.8, 4) is 5.69 Å². The Hall–Kier alpha value is -3.54. The van der Waals surface area contributed by atoms with E-state index >= 15 is 0 Å². The molecule has 1 aromatic heterocycles. The fraction of sp³-hybridized carbons (Fsp3) is 0.125. The summed E-state index contributed by atoms with van der Waals surface area (Å²) in [6.45, 7) is 4.01. The van der Waals surface area contributed by atoms with Crippen LogP contribution in [0.25, 0.3) is 11.3 Å². The van der Waals surface area contributed by atoms with Gasteiger partial charge >= 0.3 is 12.1 Å². The van der Waals surface area contributed by atoms with Crippen molar-refractivity contribution in [3.05, 3.63) is 107 Å². The zero-order valence-electron chi connectivity index (χ0n) is 16.4. The third-order valence-electron chi connectivity index (χ3n) is 4.73. The summed E-state index contributed by atoms with van der Waals surface area (Å²) < 4.78 is 40.8. The van der Waals surface area contributed by atoms with E-state index in [1.54, 1.807) is 6.08 Å². The standard InChI is InChI=1S/C24H20F3NO2/c1-16-6-7-17(2)28(16)21-14-10-19(11-15-21)22(4-3-5-23(29)30)18-8-12-20(13-9-18)24(25,26)27/h3-15H,1-2H3,(H,29,30)/b5-3+,22-4-. The fourth-order valence-corrected chi connectivity index (χ4v) is 3.29. The maximum Gasteiger partial charge on any atom is 0.416 e. The Morgan fingerprint density at radius 1 is 0.867 bits per heavy atom. The first-order valence-electron chi connectivity index (χ1n) is 9.21. The van der Waals surface area contributed by atoms with E-state index in [4.69, 9.17) is 5.11 Å². The molecule has 3 aromatic rings. The number of carboxylic acid groups (broad SMARTS) is 1. The largest absolute Gasteiger partial charge is 0.478 e. The van der Waals surface area contributed by atoms with Crippen LogP contribution >= 0.6 is 0 Å². The average molecular weight is 411 g/mol. The van der Waals surface area contributed by atoms with Crippen molar-refractivity contribution in [3.63, 3.8) is 0 Å². The maximum absolute atomic E-state index is 12.9. The van der Waals surface area contributed by atoms with Crippen LogP contribution in [0.15, 0.2) is 78.9 Å². The van der Waals surface area contributed by atoms with Crippen molar-refractivity contribution in [1.29, 1.82) is 0 Å². The minimum absolute atomic E-state index is 0.555. The predicted molar refractivity (Wildman–Crippen MR) is 111 cm³/mol. The number of carbonyl (C=O) groups is 1. The van der Waals surface area contributed by atoms with Gasteiger partial charge in [0.2, 0.25) is 0 Å². The number of hydrogen-bond acceptors (Lipinski definition) is 1. The lowest BCUT2D eigenvalue weighted by Crippen LogP contribution is -2.04. The second-order valence-corrected chi connectivity index (χ2v) is 6.85. The molecule has 3 nitrogen and oxygen atoms in total. The normalized spacial score (nSPS) is 12.5. The summed E-state index contributed by atoms with van der Waals surface area (Å²) in [7, 11) is 0. The Kier molecular flexibility index (Phi) is 5.96. The van der Waals surface area contributed by atoms with Gasteiger partial charge in [0.25, 0.3) is 0 Å². The van der Waals surface area contributed by atoms with Crippen LogP contribution < -0.4 is 0 Å². The molecule has 0 radical (unpaired) electrons. The number of carboxylic acids is 1. The summed E-state index contributed by atoms with van der Waals surface area (Å²) >= 11 is 0. The van der Waals surface area contributed by atoms with E-state index in [-0.39, 0.29) is 0 Å². The minimum atomic E-state index is -4.42. The van der Waals surface area contributed by atoms with Crippen molar-refractivity contribution in [2.75, 3.05) is 0 Å². The van der Waals surface area contributed by atoms with Gasteiger partial charge in [-0.05, 0) is 66.9 Å². The van der Waals surface area contributed by atoms with E-state index in [0.717, 1.165) is 40.8 Å². The first-order chi connectivity index (χ1) is 14.2. The molecule has 0 saturated heterocycles. The van der Waals surface area contributed by atoms with Crippen molar-refractivity contribution in [1.82, 2.24) is 4.57 Å². The molecule has 2 aromatic carbocycles. The summed E-state index contributed by atoms with van der Waals surface area (Å²) in [5, 5.41) is 8.84. The molecule has 0 aliphatic rings. The van der Waals surface area contributed by atoms with Gasteiger partial charge < -0.3 is 9.67 Å². The van der Waals surface area contributed by atoms with Gasteiger partial charge in [0.1, 0.15) is 0 Å². The first-order valence-corrected chi connectivity index (χ1v) is 9.21. The predicted octanol–water partition coefficient (Wildman–Crippen LogP) is 6.19. The van der Waals surface area contributed by atoms with Gasteiger partial charge in [0.15, 0.2) is 0 Å². The summed E-state index contributed by atoms with van der Waals surface area (Å²) in [5.74, 6) is -1.10. The number of rotatable bonds is 5. The van der Waals surface area contributed by atoms with Crippen molar-refractivity contribution < 1.29 is 23.1 Å². The van der Waals surface area contributed by atoms with E-state index in [1.165, 1.54) is 18.2 Å². The van der Waals surface area contributed by atoms with Crippen molar-refractivity contribution >= 4 is 11.5 Å². The van der Waals surface area contributed by atoms with Crippen LogP contribution in [0.1, 0.15) is 28.1 Å². The summed E-state index contributed by atoms with van der Waals surface area (Å²) in [4.78, 5) is 10.8. The van der Waals surface area contributed by atoms with Crippen LogP contribution in [0.3, 0.4) is 0 Å². The zero-order valence-corrected chi connectivity index (χ0v) is 16.4. The maximum atomic E-state index is 12.9. The highest BCUT2D eigenvalue weighted by atomic mass is 19.4. The van der Waals surface area contributed by atoms with Crippen LogP contribution in [0.4, 0.5) is 13.2 Å². The number of nitrogens with zero attached hydrogens (tertiary/aromatic N) is 1. The van der Waals surface area contributed by atoms with Gasteiger partial charge in [-0.2, -0.15) is 13.2 Å². The number of aromatic nitrogens is 1. The molecule has 6 heteroatoms. The highest BCUT2D eigenvalue weighted by Gasteiger charge is 2.30. The van der Waals surface area contributed by atoms with Crippen LogP contribution in [0.5, 0.6) is 0 Å². The topological polar surface area (TPSA) is 42.2 Å². The third kappa shape index (κ3) is 4.71. The smallest absolute Gasteiger partial charge is 0.416 e. The number of aliphatic carboxylic acids is 1. The Labute approximate surface area is 172 Å². The van der Waals surface area contributed by atoms with Crippen LogP contribution in [-0.4, -0.2) is 15.6 Å². The molecule has 0 amide bonds. The lowest BCUT2D eigenvalue weighted by molar-refractivity contribution is -0.137. The van der Waals surface area contributed by atoms with Gasteiger partial charge in [-0.3, -0.25) is 0 Å².